The number of unbranched alkanes of at least 4 members (excludes halogenated alkanes) is 6. The number of ether oxygens (including phenoxy) is 9. The zero-order valence-corrected chi connectivity index (χ0v) is 27.9. The van der Waals surface area contributed by atoms with Gasteiger partial charge in [-0.1, -0.05) is 57.6 Å². The van der Waals surface area contributed by atoms with Crippen molar-refractivity contribution in [2.45, 2.75) is 58.3 Å². The van der Waals surface area contributed by atoms with Crippen molar-refractivity contribution >= 4 is 0 Å². The van der Waals surface area contributed by atoms with E-state index in [4.69, 9.17) is 42.6 Å². The number of nitrogens with one attached hydrogen (secondary N) is 1. The van der Waals surface area contributed by atoms with Gasteiger partial charge in [0.05, 0.1) is 106 Å². The highest BCUT2D eigenvalue weighted by Crippen LogP contribution is 2.15. The van der Waals surface area contributed by atoms with Crippen LogP contribution in [0.5, 0.6) is 5.75 Å². The molecule has 0 heterocycles. The molecular weight excluding hydrogens is 566 g/mol. The molecular formula is C34H63NO9. The van der Waals surface area contributed by atoms with Crippen molar-refractivity contribution in [2.75, 3.05) is 126 Å². The van der Waals surface area contributed by atoms with Crippen LogP contribution in [0.3, 0.4) is 0 Å². The fourth-order valence-corrected chi connectivity index (χ4v) is 4.07. The molecule has 0 fully saturated rings. The first-order valence-electron chi connectivity index (χ1n) is 16.8. The zero-order chi connectivity index (χ0) is 31.4. The lowest BCUT2D eigenvalue weighted by Gasteiger charge is -2.09. The van der Waals surface area contributed by atoms with Crippen LogP contribution in [0, 0.1) is 0 Å². The van der Waals surface area contributed by atoms with Gasteiger partial charge >= 0.3 is 0 Å². The molecule has 0 unspecified atom stereocenters. The summed E-state index contributed by atoms with van der Waals surface area (Å²) in [5.41, 5.74) is 1.38. The number of likely N-dealkylation sites (N-methyl/N-ethyl adjacent to an activating group) is 1. The molecule has 1 N–H and O–H groups in total. The van der Waals surface area contributed by atoms with Crippen LogP contribution >= 0.6 is 0 Å². The molecule has 1 rings (SSSR count). The van der Waals surface area contributed by atoms with Gasteiger partial charge in [-0.15, -0.1) is 0 Å². The summed E-state index contributed by atoms with van der Waals surface area (Å²) < 4.78 is 49.6. The Kier molecular flexibility index (Phi) is 31.9. The second-order valence-corrected chi connectivity index (χ2v) is 10.4. The van der Waals surface area contributed by atoms with Crippen LogP contribution in [0.2, 0.25) is 0 Å². The third-order valence-corrected chi connectivity index (χ3v) is 6.59. The molecule has 0 amide bonds. The first-order valence-corrected chi connectivity index (χ1v) is 16.8. The summed E-state index contributed by atoms with van der Waals surface area (Å²) in [6, 6.07) is 8.46. The molecule has 0 aliphatic carbocycles. The van der Waals surface area contributed by atoms with E-state index in [1.165, 1.54) is 50.5 Å². The zero-order valence-electron chi connectivity index (χ0n) is 27.9. The van der Waals surface area contributed by atoms with Crippen LogP contribution < -0.4 is 10.1 Å². The molecule has 0 aliphatic rings. The van der Waals surface area contributed by atoms with Gasteiger partial charge in [0.2, 0.25) is 0 Å². The van der Waals surface area contributed by atoms with E-state index in [-0.39, 0.29) is 0 Å². The summed E-state index contributed by atoms with van der Waals surface area (Å²) in [5, 5.41) is 3.02. The van der Waals surface area contributed by atoms with Crippen LogP contribution in [0.15, 0.2) is 24.3 Å². The lowest BCUT2D eigenvalue weighted by Crippen LogP contribution is -2.17. The minimum Gasteiger partial charge on any atom is -0.491 e. The Labute approximate surface area is 267 Å². The van der Waals surface area contributed by atoms with Gasteiger partial charge < -0.3 is 47.9 Å². The van der Waals surface area contributed by atoms with E-state index in [0.717, 1.165) is 18.7 Å². The quantitative estimate of drug-likeness (QED) is 0.105. The second kappa shape index (κ2) is 34.5. The number of hydrogen-bond acceptors (Lipinski definition) is 10. The summed E-state index contributed by atoms with van der Waals surface area (Å²) >= 11 is 0. The molecule has 0 saturated carbocycles. The number of rotatable bonds is 36. The largest absolute Gasteiger partial charge is 0.491 e. The maximum absolute atomic E-state index is 5.78. The fourth-order valence-electron chi connectivity index (χ4n) is 4.07. The molecule has 0 aromatic heterocycles. The third kappa shape index (κ3) is 29.4. The summed E-state index contributed by atoms with van der Waals surface area (Å²) in [4.78, 5) is 0. The Balaban J connectivity index is 1.73. The minimum atomic E-state index is 0.529. The maximum atomic E-state index is 5.78. The van der Waals surface area contributed by atoms with Crippen molar-refractivity contribution in [1.82, 2.24) is 5.32 Å². The van der Waals surface area contributed by atoms with Gasteiger partial charge in [0.1, 0.15) is 12.4 Å². The average molecular weight is 630 g/mol. The van der Waals surface area contributed by atoms with Gasteiger partial charge in [-0.05, 0) is 37.6 Å². The highest BCUT2D eigenvalue weighted by molar-refractivity contribution is 5.27. The van der Waals surface area contributed by atoms with Crippen LogP contribution in [-0.4, -0.2) is 126 Å². The summed E-state index contributed by atoms with van der Waals surface area (Å²) in [6.45, 7) is 12.5. The molecule has 1 aromatic rings. The molecule has 258 valence electrons. The van der Waals surface area contributed by atoms with Crippen molar-refractivity contribution in [3.05, 3.63) is 29.8 Å². The molecule has 10 heteroatoms. The highest BCUT2D eigenvalue weighted by Gasteiger charge is 1.99. The van der Waals surface area contributed by atoms with E-state index < -0.39 is 0 Å². The van der Waals surface area contributed by atoms with Crippen LogP contribution in [-0.2, 0) is 44.3 Å². The van der Waals surface area contributed by atoms with E-state index in [0.29, 0.717) is 112 Å². The van der Waals surface area contributed by atoms with Gasteiger partial charge in [0.25, 0.3) is 0 Å². The lowest BCUT2D eigenvalue weighted by atomic mass is 10.0. The van der Waals surface area contributed by atoms with Gasteiger partial charge in [-0.25, -0.2) is 0 Å². The molecule has 0 saturated heterocycles. The predicted octanol–water partition coefficient (Wildman–Crippen LogP) is 4.71. The minimum absolute atomic E-state index is 0.529. The molecule has 0 aliphatic heterocycles. The van der Waals surface area contributed by atoms with Gasteiger partial charge in [-0.2, -0.15) is 0 Å². The monoisotopic (exact) mass is 629 g/mol. The standard InChI is InChI=1S/C34H63NO9/c1-3-4-5-6-7-8-9-10-33-11-13-34(14-12-33)44-32-31-43-30-29-42-28-27-41-26-25-40-24-23-39-22-21-38-20-19-37-18-17-36-16-15-35-2/h11-14,35H,3-10,15-32H2,1-2H3. The van der Waals surface area contributed by atoms with Crippen LogP contribution in [0.25, 0.3) is 0 Å². The Morgan fingerprint density at radius 3 is 1.20 bits per heavy atom. The van der Waals surface area contributed by atoms with Crippen molar-refractivity contribution in [3.63, 3.8) is 0 Å². The van der Waals surface area contributed by atoms with E-state index in [9.17, 15) is 0 Å². The summed E-state index contributed by atoms with van der Waals surface area (Å²) in [6.07, 6.45) is 10.5. The van der Waals surface area contributed by atoms with Gasteiger partial charge in [-0.3, -0.25) is 0 Å². The first kappa shape index (κ1) is 40.7. The Morgan fingerprint density at radius 2 is 0.795 bits per heavy atom. The Bertz CT molecular complexity index is 681. The molecule has 1 aromatic carbocycles. The molecule has 0 bridgehead atoms. The Morgan fingerprint density at radius 1 is 0.432 bits per heavy atom. The molecule has 0 spiro atoms. The van der Waals surface area contributed by atoms with E-state index in [1.54, 1.807) is 0 Å². The molecule has 0 atom stereocenters. The van der Waals surface area contributed by atoms with E-state index in [2.05, 4.69) is 36.5 Å². The number of hydrogen-bond donors (Lipinski definition) is 1. The smallest absolute Gasteiger partial charge is 0.119 e. The van der Waals surface area contributed by atoms with Crippen molar-refractivity contribution in [2.24, 2.45) is 0 Å². The average Bonchev–Trinajstić information content (AvgIpc) is 3.04. The van der Waals surface area contributed by atoms with Crippen molar-refractivity contribution in [1.29, 1.82) is 0 Å². The van der Waals surface area contributed by atoms with Crippen LogP contribution in [0.1, 0.15) is 57.4 Å². The van der Waals surface area contributed by atoms with Crippen molar-refractivity contribution in [3.8, 4) is 5.75 Å². The number of benzene rings is 1. The predicted molar refractivity (Wildman–Crippen MR) is 174 cm³/mol. The topological polar surface area (TPSA) is 95.1 Å². The molecule has 10 nitrogen and oxygen atoms in total. The molecule has 44 heavy (non-hydrogen) atoms. The van der Waals surface area contributed by atoms with Gasteiger partial charge in [0.15, 0.2) is 0 Å². The molecule has 0 radical (unpaired) electrons. The van der Waals surface area contributed by atoms with Crippen molar-refractivity contribution < 1.29 is 42.6 Å². The van der Waals surface area contributed by atoms with Gasteiger partial charge in [0, 0.05) is 6.54 Å². The SMILES string of the molecule is CCCCCCCCCc1ccc(OCCOCCOCCOCCOCCOCCOCCOCCOCCNC)cc1. The normalized spacial score (nSPS) is 11.4. The van der Waals surface area contributed by atoms with E-state index in [1.807, 2.05) is 7.05 Å². The third-order valence-electron chi connectivity index (χ3n) is 6.59. The highest BCUT2D eigenvalue weighted by atomic mass is 16.6. The van der Waals surface area contributed by atoms with Crippen LogP contribution in [0.4, 0.5) is 0 Å². The maximum Gasteiger partial charge on any atom is 0.119 e. The summed E-state index contributed by atoms with van der Waals surface area (Å²) in [5.74, 6) is 0.891. The summed E-state index contributed by atoms with van der Waals surface area (Å²) in [7, 11) is 1.90. The Hall–Kier alpha value is -1.34. The second-order valence-electron chi connectivity index (χ2n) is 10.4. The fraction of sp³-hybridized carbons (Fsp3) is 0.824. The van der Waals surface area contributed by atoms with E-state index >= 15 is 0 Å². The number of aryl methyl sites for hydroxylation is 1. The lowest BCUT2D eigenvalue weighted by molar-refractivity contribution is -0.0235. The first-order chi connectivity index (χ1) is 21.9.